The maximum atomic E-state index is 12.8. The Morgan fingerprint density at radius 1 is 1.12 bits per heavy atom. The summed E-state index contributed by atoms with van der Waals surface area (Å²) in [5.41, 5.74) is 0. The van der Waals surface area contributed by atoms with Crippen LogP contribution in [0.25, 0.3) is 0 Å². The van der Waals surface area contributed by atoms with Gasteiger partial charge < -0.3 is 9.64 Å². The summed E-state index contributed by atoms with van der Waals surface area (Å²) in [4.78, 5) is 1.92. The van der Waals surface area contributed by atoms with Crippen LogP contribution in [0.5, 0.6) is 5.75 Å². The number of quaternary nitrogens is 1. The summed E-state index contributed by atoms with van der Waals surface area (Å²) in [6, 6.07) is 6.68. The van der Waals surface area contributed by atoms with Crippen LogP contribution in [0.4, 0.5) is 0 Å². The van der Waals surface area contributed by atoms with E-state index in [-0.39, 0.29) is 0 Å². The second-order valence-corrected chi connectivity index (χ2v) is 9.51. The monoisotopic (exact) mass is 363 g/mol. The van der Waals surface area contributed by atoms with Gasteiger partial charge in [0.15, 0.2) is 0 Å². The first kappa shape index (κ1) is 17.1. The van der Waals surface area contributed by atoms with Gasteiger partial charge in [0.05, 0.1) is 44.7 Å². The van der Waals surface area contributed by atoms with Crippen LogP contribution >= 0.6 is 0 Å². The van der Waals surface area contributed by atoms with E-state index in [0.717, 1.165) is 30.8 Å². The van der Waals surface area contributed by atoms with Crippen molar-refractivity contribution in [3.63, 3.8) is 0 Å². The van der Waals surface area contributed by atoms with E-state index in [1.807, 2.05) is 0 Å². The number of hydrogen-bond donors (Lipinski definition) is 1. The van der Waals surface area contributed by atoms with Crippen LogP contribution in [0.15, 0.2) is 41.3 Å². The maximum Gasteiger partial charge on any atom is 0.243 e. The highest BCUT2D eigenvalue weighted by atomic mass is 32.2. The van der Waals surface area contributed by atoms with Crippen molar-refractivity contribution >= 4 is 10.0 Å². The van der Waals surface area contributed by atoms with Gasteiger partial charge in [-0.1, -0.05) is 12.2 Å². The van der Waals surface area contributed by atoms with Gasteiger partial charge in [-0.15, -0.1) is 0 Å². The SMILES string of the molecule is COc1ccc(S(=O)(=O)N2CC[NH+](C[C@@H]3C[C@@H]4C=C[C@H]3C4)CC2)cc1. The molecule has 3 atom stereocenters. The second kappa shape index (κ2) is 6.74. The van der Waals surface area contributed by atoms with Crippen molar-refractivity contribution in [2.24, 2.45) is 17.8 Å². The summed E-state index contributed by atoms with van der Waals surface area (Å²) >= 11 is 0. The fourth-order valence-electron chi connectivity index (χ4n) is 4.64. The molecule has 1 saturated carbocycles. The quantitative estimate of drug-likeness (QED) is 0.788. The van der Waals surface area contributed by atoms with Crippen LogP contribution in [-0.2, 0) is 10.0 Å². The third kappa shape index (κ3) is 3.35. The molecule has 1 aromatic rings. The first-order chi connectivity index (χ1) is 12.1. The summed E-state index contributed by atoms with van der Waals surface area (Å²) in [6.07, 6.45) is 7.47. The van der Waals surface area contributed by atoms with E-state index in [0.29, 0.717) is 23.7 Å². The second-order valence-electron chi connectivity index (χ2n) is 7.57. The molecule has 1 heterocycles. The molecule has 5 nitrogen and oxygen atoms in total. The van der Waals surface area contributed by atoms with Crippen LogP contribution in [0.3, 0.4) is 0 Å². The molecule has 0 spiro atoms. The fourth-order valence-corrected chi connectivity index (χ4v) is 6.09. The van der Waals surface area contributed by atoms with E-state index >= 15 is 0 Å². The lowest BCUT2D eigenvalue weighted by molar-refractivity contribution is -0.907. The number of nitrogens with zero attached hydrogens (tertiary/aromatic N) is 1. The Bertz CT molecular complexity index is 736. The van der Waals surface area contributed by atoms with Crippen molar-refractivity contribution in [3.8, 4) is 5.75 Å². The van der Waals surface area contributed by atoms with Gasteiger partial charge in [-0.2, -0.15) is 4.31 Å². The normalized spacial score (nSPS) is 30.0. The molecule has 0 radical (unpaired) electrons. The van der Waals surface area contributed by atoms with E-state index in [1.165, 1.54) is 19.4 Å². The lowest BCUT2D eigenvalue weighted by Crippen LogP contribution is -3.15. The molecule has 1 N–H and O–H groups in total. The third-order valence-electron chi connectivity index (χ3n) is 6.09. The molecule has 136 valence electrons. The summed E-state index contributed by atoms with van der Waals surface area (Å²) in [7, 11) is -1.81. The maximum absolute atomic E-state index is 12.8. The lowest BCUT2D eigenvalue weighted by atomic mass is 9.93. The molecule has 6 heteroatoms. The Hall–Kier alpha value is -1.37. The predicted octanol–water partition coefficient (Wildman–Crippen LogP) is 0.797. The minimum absolute atomic E-state index is 0.356. The van der Waals surface area contributed by atoms with Gasteiger partial charge in [-0.05, 0) is 48.9 Å². The minimum atomic E-state index is -3.39. The Morgan fingerprint density at radius 3 is 2.40 bits per heavy atom. The van der Waals surface area contributed by atoms with E-state index < -0.39 is 10.0 Å². The molecule has 4 rings (SSSR count). The van der Waals surface area contributed by atoms with E-state index in [2.05, 4.69) is 12.2 Å². The molecule has 1 aromatic carbocycles. The molecule has 3 aliphatic rings. The Balaban J connectivity index is 1.35. The van der Waals surface area contributed by atoms with Gasteiger partial charge in [0.2, 0.25) is 10.0 Å². The number of rotatable bonds is 5. The molecule has 1 saturated heterocycles. The van der Waals surface area contributed by atoms with E-state index in [9.17, 15) is 8.42 Å². The molecule has 25 heavy (non-hydrogen) atoms. The van der Waals surface area contributed by atoms with Crippen molar-refractivity contribution in [2.75, 3.05) is 39.8 Å². The number of sulfonamides is 1. The molecule has 0 unspecified atom stereocenters. The zero-order valence-corrected chi connectivity index (χ0v) is 15.5. The Labute approximate surface area is 150 Å². The van der Waals surface area contributed by atoms with Crippen LogP contribution in [0.2, 0.25) is 0 Å². The zero-order valence-electron chi connectivity index (χ0n) is 14.7. The highest BCUT2D eigenvalue weighted by molar-refractivity contribution is 7.89. The first-order valence-corrected chi connectivity index (χ1v) is 10.7. The molecule has 0 aromatic heterocycles. The smallest absolute Gasteiger partial charge is 0.243 e. The number of hydrogen-bond acceptors (Lipinski definition) is 3. The van der Waals surface area contributed by atoms with Crippen LogP contribution in [-0.4, -0.2) is 52.6 Å². The molecule has 0 amide bonds. The third-order valence-corrected chi connectivity index (χ3v) is 8.01. The molecule has 2 aliphatic carbocycles. The van der Waals surface area contributed by atoms with Crippen molar-refractivity contribution in [1.29, 1.82) is 0 Å². The number of benzene rings is 1. The number of allylic oxidation sites excluding steroid dienone is 2. The fraction of sp³-hybridized carbons (Fsp3) is 0.579. The highest BCUT2D eigenvalue weighted by Crippen LogP contribution is 2.42. The number of fused-ring (bicyclic) bond motifs is 2. The average Bonchev–Trinajstić information content (AvgIpc) is 3.25. The molecule has 2 fully saturated rings. The number of nitrogens with one attached hydrogen (secondary N) is 1. The Morgan fingerprint density at radius 2 is 1.84 bits per heavy atom. The molecular weight excluding hydrogens is 336 g/mol. The highest BCUT2D eigenvalue weighted by Gasteiger charge is 2.39. The van der Waals surface area contributed by atoms with Gasteiger partial charge in [-0.3, -0.25) is 0 Å². The van der Waals surface area contributed by atoms with Gasteiger partial charge in [0.1, 0.15) is 5.75 Å². The summed E-state index contributed by atoms with van der Waals surface area (Å²) in [5.74, 6) is 3.06. The summed E-state index contributed by atoms with van der Waals surface area (Å²) in [6.45, 7) is 4.24. The van der Waals surface area contributed by atoms with E-state index in [4.69, 9.17) is 4.74 Å². The first-order valence-electron chi connectivity index (χ1n) is 9.22. The largest absolute Gasteiger partial charge is 0.497 e. The van der Waals surface area contributed by atoms with Crippen molar-refractivity contribution in [2.45, 2.75) is 17.7 Å². The van der Waals surface area contributed by atoms with E-state index in [1.54, 1.807) is 40.6 Å². The zero-order chi connectivity index (χ0) is 17.4. The summed E-state index contributed by atoms with van der Waals surface area (Å²) in [5, 5.41) is 0. The topological polar surface area (TPSA) is 51.1 Å². The molecule has 1 aliphatic heterocycles. The van der Waals surface area contributed by atoms with Gasteiger partial charge >= 0.3 is 0 Å². The van der Waals surface area contributed by atoms with Gasteiger partial charge in [-0.25, -0.2) is 8.42 Å². The van der Waals surface area contributed by atoms with Gasteiger partial charge in [0, 0.05) is 5.92 Å². The van der Waals surface area contributed by atoms with Crippen molar-refractivity contribution in [1.82, 2.24) is 4.31 Å². The lowest BCUT2D eigenvalue weighted by Gasteiger charge is -2.33. The van der Waals surface area contributed by atoms with Crippen molar-refractivity contribution < 1.29 is 18.1 Å². The molecule has 2 bridgehead atoms. The minimum Gasteiger partial charge on any atom is -0.497 e. The van der Waals surface area contributed by atoms with Crippen LogP contribution in [0, 0.1) is 17.8 Å². The average molecular weight is 364 g/mol. The summed E-state index contributed by atoms with van der Waals surface area (Å²) < 4.78 is 32.4. The standard InChI is InChI=1S/C19H26N2O3S/c1-24-18-4-6-19(7-5-18)25(22,23)21-10-8-20(9-11-21)14-17-13-15-2-3-16(17)12-15/h2-7,15-17H,8-14H2,1H3/p+1/t15-,16+,17+/m1/s1. The van der Waals surface area contributed by atoms with Gasteiger partial charge in [0.25, 0.3) is 0 Å². The molecular formula is C19H27N2O3S+. The number of methoxy groups -OCH3 is 1. The Kier molecular flexibility index (Phi) is 4.60. The van der Waals surface area contributed by atoms with Crippen molar-refractivity contribution in [3.05, 3.63) is 36.4 Å². The van der Waals surface area contributed by atoms with Crippen LogP contribution in [0.1, 0.15) is 12.8 Å². The number of piperazine rings is 1. The van der Waals surface area contributed by atoms with Crippen LogP contribution < -0.4 is 9.64 Å². The predicted molar refractivity (Wildman–Crippen MR) is 96.2 cm³/mol. The number of ether oxygens (including phenoxy) is 1.